The maximum absolute atomic E-state index is 6.10. The standard InChI is InChI=1S/C17H22N2/c1-10-5-6-15(13(4)17(10)19)9-14-7-11(2)16(18)12(3)8-14/h5-8H,9,18-19H2,1-4H3. The molecule has 0 saturated heterocycles. The topological polar surface area (TPSA) is 52.0 Å². The number of aryl methyl sites for hydroxylation is 3. The van der Waals surface area contributed by atoms with Crippen LogP contribution in [0.25, 0.3) is 0 Å². The van der Waals surface area contributed by atoms with Gasteiger partial charge in [-0.2, -0.15) is 0 Å². The summed E-state index contributed by atoms with van der Waals surface area (Å²) in [6.45, 7) is 8.25. The minimum Gasteiger partial charge on any atom is -0.398 e. The highest BCUT2D eigenvalue weighted by atomic mass is 14.6. The zero-order chi connectivity index (χ0) is 14.2. The van der Waals surface area contributed by atoms with Crippen molar-refractivity contribution in [3.8, 4) is 0 Å². The van der Waals surface area contributed by atoms with Crippen LogP contribution in [0, 0.1) is 27.7 Å². The van der Waals surface area contributed by atoms with E-state index < -0.39 is 0 Å². The zero-order valence-corrected chi connectivity index (χ0v) is 12.2. The Morgan fingerprint density at radius 1 is 0.789 bits per heavy atom. The fourth-order valence-electron chi connectivity index (χ4n) is 2.49. The predicted molar refractivity (Wildman–Crippen MR) is 83.5 cm³/mol. The van der Waals surface area contributed by atoms with Gasteiger partial charge in [-0.3, -0.25) is 0 Å². The maximum atomic E-state index is 6.10. The number of rotatable bonds is 2. The lowest BCUT2D eigenvalue weighted by Crippen LogP contribution is -2.01. The molecule has 0 aliphatic heterocycles. The normalized spacial score (nSPS) is 10.7. The number of nitrogen functional groups attached to an aromatic ring is 2. The number of anilines is 2. The molecule has 0 spiro atoms. The molecule has 0 radical (unpaired) electrons. The molecule has 2 aromatic rings. The molecule has 19 heavy (non-hydrogen) atoms. The second-order valence-electron chi connectivity index (χ2n) is 5.40. The summed E-state index contributed by atoms with van der Waals surface area (Å²) in [5.74, 6) is 0. The lowest BCUT2D eigenvalue weighted by atomic mass is 9.95. The van der Waals surface area contributed by atoms with Gasteiger partial charge in [-0.25, -0.2) is 0 Å². The van der Waals surface area contributed by atoms with Crippen molar-refractivity contribution in [3.05, 3.63) is 57.6 Å². The van der Waals surface area contributed by atoms with Crippen LogP contribution in [0.5, 0.6) is 0 Å². The van der Waals surface area contributed by atoms with Gasteiger partial charge in [-0.15, -0.1) is 0 Å². The van der Waals surface area contributed by atoms with Crippen molar-refractivity contribution in [2.75, 3.05) is 11.5 Å². The third-order valence-corrected chi connectivity index (χ3v) is 3.89. The molecule has 2 nitrogen and oxygen atoms in total. The first-order valence-corrected chi connectivity index (χ1v) is 6.60. The molecule has 2 rings (SSSR count). The molecule has 0 atom stereocenters. The molecular formula is C17H22N2. The fourth-order valence-corrected chi connectivity index (χ4v) is 2.49. The van der Waals surface area contributed by atoms with Crippen LogP contribution < -0.4 is 11.5 Å². The van der Waals surface area contributed by atoms with Crippen molar-refractivity contribution in [1.29, 1.82) is 0 Å². The third-order valence-electron chi connectivity index (χ3n) is 3.89. The Hall–Kier alpha value is -1.96. The van der Waals surface area contributed by atoms with Crippen molar-refractivity contribution < 1.29 is 0 Å². The van der Waals surface area contributed by atoms with Crippen LogP contribution in [0.1, 0.15) is 33.4 Å². The van der Waals surface area contributed by atoms with E-state index in [0.717, 1.165) is 34.5 Å². The minimum atomic E-state index is 0.892. The number of benzene rings is 2. The molecule has 0 saturated carbocycles. The lowest BCUT2D eigenvalue weighted by molar-refractivity contribution is 1.14. The van der Waals surface area contributed by atoms with Crippen LogP contribution in [0.3, 0.4) is 0 Å². The third kappa shape index (κ3) is 2.58. The van der Waals surface area contributed by atoms with Crippen LogP contribution in [0.15, 0.2) is 24.3 Å². The summed E-state index contributed by atoms with van der Waals surface area (Å²) in [5, 5.41) is 0. The molecular weight excluding hydrogens is 232 g/mol. The van der Waals surface area contributed by atoms with Crippen LogP contribution in [0.4, 0.5) is 11.4 Å². The van der Waals surface area contributed by atoms with Crippen molar-refractivity contribution in [2.45, 2.75) is 34.1 Å². The monoisotopic (exact) mass is 254 g/mol. The highest BCUT2D eigenvalue weighted by molar-refractivity contribution is 5.58. The molecule has 0 fully saturated rings. The van der Waals surface area contributed by atoms with E-state index in [9.17, 15) is 0 Å². The maximum Gasteiger partial charge on any atom is 0.0376 e. The smallest absolute Gasteiger partial charge is 0.0376 e. The van der Waals surface area contributed by atoms with Gasteiger partial charge in [-0.1, -0.05) is 24.3 Å². The number of hydrogen-bond donors (Lipinski definition) is 2. The van der Waals surface area contributed by atoms with E-state index in [4.69, 9.17) is 11.5 Å². The van der Waals surface area contributed by atoms with E-state index in [1.54, 1.807) is 0 Å². The van der Waals surface area contributed by atoms with E-state index in [2.05, 4.69) is 45.0 Å². The summed E-state index contributed by atoms with van der Waals surface area (Å²) in [7, 11) is 0. The molecule has 0 amide bonds. The van der Waals surface area contributed by atoms with Crippen LogP contribution in [-0.4, -0.2) is 0 Å². The van der Waals surface area contributed by atoms with E-state index in [0.29, 0.717) is 0 Å². The summed E-state index contributed by atoms with van der Waals surface area (Å²) in [6, 6.07) is 8.59. The molecule has 0 heterocycles. The van der Waals surface area contributed by atoms with Crippen molar-refractivity contribution >= 4 is 11.4 Å². The van der Waals surface area contributed by atoms with E-state index >= 15 is 0 Å². The predicted octanol–water partition coefficient (Wildman–Crippen LogP) is 3.68. The second kappa shape index (κ2) is 4.96. The Balaban J connectivity index is 2.39. The zero-order valence-electron chi connectivity index (χ0n) is 12.2. The molecule has 2 heteroatoms. The average Bonchev–Trinajstić information content (AvgIpc) is 2.36. The van der Waals surface area contributed by atoms with Crippen molar-refractivity contribution in [1.82, 2.24) is 0 Å². The van der Waals surface area contributed by atoms with Gasteiger partial charge in [0.25, 0.3) is 0 Å². The van der Waals surface area contributed by atoms with Crippen LogP contribution >= 0.6 is 0 Å². The Bertz CT molecular complexity index is 604. The van der Waals surface area contributed by atoms with Gasteiger partial charge >= 0.3 is 0 Å². The molecule has 2 aromatic carbocycles. The summed E-state index contributed by atoms with van der Waals surface area (Å²) in [5.41, 5.74) is 21.1. The highest BCUT2D eigenvalue weighted by Gasteiger charge is 2.07. The summed E-state index contributed by atoms with van der Waals surface area (Å²) in [6.07, 6.45) is 0.901. The molecule has 0 aromatic heterocycles. The Labute approximate surface area is 115 Å². The van der Waals surface area contributed by atoms with Gasteiger partial charge in [0.05, 0.1) is 0 Å². The quantitative estimate of drug-likeness (QED) is 0.803. The summed E-state index contributed by atoms with van der Waals surface area (Å²) in [4.78, 5) is 0. The minimum absolute atomic E-state index is 0.892. The highest BCUT2D eigenvalue weighted by Crippen LogP contribution is 2.25. The van der Waals surface area contributed by atoms with Crippen molar-refractivity contribution in [2.24, 2.45) is 0 Å². The SMILES string of the molecule is Cc1cc(Cc2ccc(C)c(N)c2C)cc(C)c1N. The van der Waals surface area contributed by atoms with Crippen LogP contribution in [-0.2, 0) is 6.42 Å². The molecule has 0 bridgehead atoms. The number of nitrogens with two attached hydrogens (primary N) is 2. The average molecular weight is 254 g/mol. The van der Waals surface area contributed by atoms with E-state index in [1.165, 1.54) is 16.7 Å². The first-order valence-electron chi connectivity index (χ1n) is 6.60. The number of hydrogen-bond acceptors (Lipinski definition) is 2. The molecule has 0 aliphatic carbocycles. The van der Waals surface area contributed by atoms with E-state index in [1.807, 2.05) is 6.92 Å². The molecule has 0 unspecified atom stereocenters. The largest absolute Gasteiger partial charge is 0.398 e. The first kappa shape index (κ1) is 13.5. The lowest BCUT2D eigenvalue weighted by Gasteiger charge is -2.13. The van der Waals surface area contributed by atoms with Gasteiger partial charge in [0, 0.05) is 11.4 Å². The van der Waals surface area contributed by atoms with Gasteiger partial charge < -0.3 is 11.5 Å². The summed E-state index contributed by atoms with van der Waals surface area (Å²) >= 11 is 0. The first-order chi connectivity index (χ1) is 8.90. The second-order valence-corrected chi connectivity index (χ2v) is 5.40. The van der Waals surface area contributed by atoms with E-state index in [-0.39, 0.29) is 0 Å². The van der Waals surface area contributed by atoms with Gasteiger partial charge in [-0.05, 0) is 67.5 Å². The fraction of sp³-hybridized carbons (Fsp3) is 0.294. The van der Waals surface area contributed by atoms with Gasteiger partial charge in [0.15, 0.2) is 0 Å². The Morgan fingerprint density at radius 2 is 1.37 bits per heavy atom. The summed E-state index contributed by atoms with van der Waals surface area (Å²) < 4.78 is 0. The van der Waals surface area contributed by atoms with Crippen molar-refractivity contribution in [3.63, 3.8) is 0 Å². The Kier molecular flexibility index (Phi) is 3.52. The molecule has 100 valence electrons. The molecule has 0 aliphatic rings. The molecule has 4 N–H and O–H groups in total. The van der Waals surface area contributed by atoms with Crippen LogP contribution in [0.2, 0.25) is 0 Å². The van der Waals surface area contributed by atoms with Gasteiger partial charge in [0.2, 0.25) is 0 Å². The Morgan fingerprint density at radius 3 is 1.95 bits per heavy atom. The van der Waals surface area contributed by atoms with Gasteiger partial charge in [0.1, 0.15) is 0 Å².